The van der Waals surface area contributed by atoms with Gasteiger partial charge in [0.15, 0.2) is 0 Å². The van der Waals surface area contributed by atoms with Crippen LogP contribution in [0.5, 0.6) is 0 Å². The summed E-state index contributed by atoms with van der Waals surface area (Å²) in [6.45, 7) is 3.81. The molecule has 0 aromatic rings. The summed E-state index contributed by atoms with van der Waals surface area (Å²) in [5.74, 6) is 1.04. The minimum atomic E-state index is 0.808. The van der Waals surface area contributed by atoms with E-state index in [1.54, 1.807) is 0 Å². The predicted octanol–water partition coefficient (Wildman–Crippen LogP) is 2.50. The van der Waals surface area contributed by atoms with Crippen molar-refractivity contribution in [3.63, 3.8) is 0 Å². The molecule has 0 amide bonds. The Morgan fingerprint density at radius 2 is 2.00 bits per heavy atom. The lowest BCUT2D eigenvalue weighted by molar-refractivity contribution is 0.217. The van der Waals surface area contributed by atoms with E-state index in [9.17, 15) is 0 Å². The van der Waals surface area contributed by atoms with Crippen molar-refractivity contribution in [2.45, 2.75) is 44.6 Å². The molecule has 96 valence electrons. The van der Waals surface area contributed by atoms with E-state index in [0.717, 1.165) is 11.8 Å². The summed E-state index contributed by atoms with van der Waals surface area (Å²) in [6.07, 6.45) is 8.11. The molecular weight excluding hydrogens is 216 g/mol. The minimum absolute atomic E-state index is 0.808. The number of likely N-dealkylation sites (tertiary alicyclic amines) is 1. The summed E-state index contributed by atoms with van der Waals surface area (Å²) in [4.78, 5) is 5.02. The van der Waals surface area contributed by atoms with Crippen molar-refractivity contribution < 1.29 is 0 Å². The van der Waals surface area contributed by atoms with Crippen molar-refractivity contribution in [2.75, 3.05) is 39.5 Å². The molecule has 1 unspecified atom stereocenters. The summed E-state index contributed by atoms with van der Waals surface area (Å²) in [6, 6.07) is 0.808. The zero-order valence-electron chi connectivity index (χ0n) is 11.0. The molecule has 1 aliphatic heterocycles. The van der Waals surface area contributed by atoms with E-state index in [1.807, 2.05) is 0 Å². The molecule has 3 heteroatoms. The Bertz CT molecular complexity index is 175. The first-order valence-corrected chi connectivity index (χ1v) is 7.37. The molecule has 2 nitrogen and oxygen atoms in total. The molecule has 0 N–H and O–H groups in total. The van der Waals surface area contributed by atoms with Crippen LogP contribution in [0.1, 0.15) is 38.5 Å². The predicted molar refractivity (Wildman–Crippen MR) is 75.5 cm³/mol. The second-order valence-corrected chi connectivity index (χ2v) is 5.62. The average molecular weight is 244 g/mol. The Morgan fingerprint density at radius 3 is 2.62 bits per heavy atom. The van der Waals surface area contributed by atoms with Crippen LogP contribution >= 0.6 is 12.6 Å². The number of hydrogen-bond acceptors (Lipinski definition) is 3. The van der Waals surface area contributed by atoms with Crippen LogP contribution in [-0.2, 0) is 0 Å². The fourth-order valence-electron chi connectivity index (χ4n) is 2.51. The van der Waals surface area contributed by atoms with E-state index in [4.69, 9.17) is 0 Å². The molecular formula is C13H28N2S. The van der Waals surface area contributed by atoms with Gasteiger partial charge in [0, 0.05) is 12.6 Å². The normalized spacial score (nSPS) is 22.1. The summed E-state index contributed by atoms with van der Waals surface area (Å²) in [5, 5.41) is 0. The number of hydrogen-bond donors (Lipinski definition) is 1. The average Bonchev–Trinajstić information content (AvgIpc) is 2.64. The largest absolute Gasteiger partial charge is 0.305 e. The third kappa shape index (κ3) is 5.55. The fraction of sp³-hybridized carbons (Fsp3) is 1.00. The Kier molecular flexibility index (Phi) is 7.50. The highest BCUT2D eigenvalue weighted by molar-refractivity contribution is 7.80. The van der Waals surface area contributed by atoms with E-state index in [2.05, 4.69) is 36.5 Å². The molecule has 1 atom stereocenters. The highest BCUT2D eigenvalue weighted by Crippen LogP contribution is 2.15. The van der Waals surface area contributed by atoms with E-state index in [-0.39, 0.29) is 0 Å². The molecule has 0 radical (unpaired) electrons. The summed E-state index contributed by atoms with van der Waals surface area (Å²) >= 11 is 4.23. The zero-order chi connectivity index (χ0) is 11.8. The smallest absolute Gasteiger partial charge is 0.0220 e. The number of thiol groups is 1. The van der Waals surface area contributed by atoms with Gasteiger partial charge in [0.25, 0.3) is 0 Å². The third-order valence-corrected chi connectivity index (χ3v) is 3.96. The minimum Gasteiger partial charge on any atom is -0.305 e. The fourth-order valence-corrected chi connectivity index (χ4v) is 2.73. The van der Waals surface area contributed by atoms with Crippen molar-refractivity contribution in [2.24, 2.45) is 0 Å². The van der Waals surface area contributed by atoms with Crippen molar-refractivity contribution >= 4 is 12.6 Å². The number of likely N-dealkylation sites (N-methyl/N-ethyl adjacent to an activating group) is 2. The first-order valence-electron chi connectivity index (χ1n) is 6.73. The number of nitrogens with zero attached hydrogens (tertiary/aromatic N) is 2. The van der Waals surface area contributed by atoms with Crippen LogP contribution in [0.3, 0.4) is 0 Å². The second-order valence-electron chi connectivity index (χ2n) is 5.18. The van der Waals surface area contributed by atoms with Gasteiger partial charge in [-0.1, -0.05) is 12.8 Å². The van der Waals surface area contributed by atoms with Crippen LogP contribution in [0.2, 0.25) is 0 Å². The van der Waals surface area contributed by atoms with Crippen LogP contribution in [0.25, 0.3) is 0 Å². The van der Waals surface area contributed by atoms with Crippen LogP contribution in [0, 0.1) is 0 Å². The van der Waals surface area contributed by atoms with E-state index in [1.165, 1.54) is 58.2 Å². The first kappa shape index (κ1) is 14.3. The standard InChI is InChI=1S/C13H28N2S/c1-14(9-5-3-4-6-11-16)12-13-8-7-10-15(13)2/h13,16H,3-12H2,1-2H3. The summed E-state index contributed by atoms with van der Waals surface area (Å²) in [5.41, 5.74) is 0. The van der Waals surface area contributed by atoms with Gasteiger partial charge >= 0.3 is 0 Å². The molecule has 1 saturated heterocycles. The zero-order valence-corrected chi connectivity index (χ0v) is 11.9. The molecule has 0 saturated carbocycles. The number of rotatable bonds is 8. The highest BCUT2D eigenvalue weighted by Gasteiger charge is 2.21. The molecule has 1 fully saturated rings. The maximum atomic E-state index is 4.23. The van der Waals surface area contributed by atoms with Gasteiger partial charge in [0.2, 0.25) is 0 Å². The van der Waals surface area contributed by atoms with Crippen LogP contribution < -0.4 is 0 Å². The van der Waals surface area contributed by atoms with Crippen LogP contribution in [0.15, 0.2) is 0 Å². The Hall–Kier alpha value is 0.270. The lowest BCUT2D eigenvalue weighted by Crippen LogP contribution is -2.36. The van der Waals surface area contributed by atoms with E-state index < -0.39 is 0 Å². The SMILES string of the molecule is CN(CCCCCCS)CC1CCCN1C. The Balaban J connectivity index is 1.99. The molecule has 1 aliphatic rings. The first-order chi connectivity index (χ1) is 7.74. The van der Waals surface area contributed by atoms with Gasteiger partial charge in [-0.2, -0.15) is 12.6 Å². The van der Waals surface area contributed by atoms with Crippen molar-refractivity contribution in [1.29, 1.82) is 0 Å². The van der Waals surface area contributed by atoms with Crippen LogP contribution in [0.4, 0.5) is 0 Å². The third-order valence-electron chi connectivity index (χ3n) is 3.64. The lowest BCUT2D eigenvalue weighted by Gasteiger charge is -2.25. The Labute approximate surface area is 107 Å². The van der Waals surface area contributed by atoms with Crippen molar-refractivity contribution in [3.8, 4) is 0 Å². The van der Waals surface area contributed by atoms with Gasteiger partial charge in [-0.3, -0.25) is 0 Å². The second kappa shape index (κ2) is 8.37. The summed E-state index contributed by atoms with van der Waals surface area (Å²) in [7, 11) is 4.53. The molecule has 0 spiro atoms. The summed E-state index contributed by atoms with van der Waals surface area (Å²) < 4.78 is 0. The van der Waals surface area contributed by atoms with E-state index >= 15 is 0 Å². The molecule has 1 rings (SSSR count). The van der Waals surface area contributed by atoms with Gasteiger partial charge < -0.3 is 9.80 Å². The van der Waals surface area contributed by atoms with Gasteiger partial charge in [0.05, 0.1) is 0 Å². The van der Waals surface area contributed by atoms with Gasteiger partial charge in [-0.25, -0.2) is 0 Å². The Morgan fingerprint density at radius 1 is 1.25 bits per heavy atom. The van der Waals surface area contributed by atoms with Gasteiger partial charge in [-0.05, 0) is 58.6 Å². The molecule has 0 aliphatic carbocycles. The van der Waals surface area contributed by atoms with Gasteiger partial charge in [-0.15, -0.1) is 0 Å². The molecule has 0 aromatic carbocycles. The quantitative estimate of drug-likeness (QED) is 0.518. The van der Waals surface area contributed by atoms with Gasteiger partial charge in [0.1, 0.15) is 0 Å². The highest BCUT2D eigenvalue weighted by atomic mass is 32.1. The topological polar surface area (TPSA) is 6.48 Å². The van der Waals surface area contributed by atoms with E-state index in [0.29, 0.717) is 0 Å². The monoisotopic (exact) mass is 244 g/mol. The molecule has 0 aromatic heterocycles. The number of unbranched alkanes of at least 4 members (excludes halogenated alkanes) is 3. The van der Waals surface area contributed by atoms with Crippen molar-refractivity contribution in [3.05, 3.63) is 0 Å². The molecule has 16 heavy (non-hydrogen) atoms. The van der Waals surface area contributed by atoms with Crippen molar-refractivity contribution in [1.82, 2.24) is 9.80 Å². The molecule has 0 bridgehead atoms. The maximum Gasteiger partial charge on any atom is 0.0220 e. The van der Waals surface area contributed by atoms with Crippen LogP contribution in [-0.4, -0.2) is 55.3 Å². The lowest BCUT2D eigenvalue weighted by atomic mass is 10.2. The maximum absolute atomic E-state index is 4.23. The molecule has 1 heterocycles.